The molecule has 25 heavy (non-hydrogen) atoms. The normalized spacial score (nSPS) is 24.6. The lowest BCUT2D eigenvalue weighted by molar-refractivity contribution is -0.0193. The molecular weight excluding hydrogens is 327 g/mol. The van der Waals surface area contributed by atoms with E-state index in [9.17, 15) is 9.50 Å². The van der Waals surface area contributed by atoms with E-state index >= 15 is 0 Å². The van der Waals surface area contributed by atoms with Gasteiger partial charge in [0.25, 0.3) is 0 Å². The van der Waals surface area contributed by atoms with E-state index in [0.29, 0.717) is 22.9 Å². The number of anilines is 2. The molecule has 2 aromatic carbocycles. The number of fused-ring (bicyclic) bond motifs is 2. The van der Waals surface area contributed by atoms with Crippen molar-refractivity contribution in [1.29, 1.82) is 0 Å². The van der Waals surface area contributed by atoms with E-state index in [0.717, 1.165) is 0 Å². The predicted molar refractivity (Wildman–Crippen MR) is 88.6 cm³/mol. The molecule has 3 atom stereocenters. The maximum Gasteiger partial charge on any atom is 0.151 e. The van der Waals surface area contributed by atoms with Gasteiger partial charge in [0, 0.05) is 11.0 Å². The second-order valence-electron chi connectivity index (χ2n) is 5.92. The van der Waals surface area contributed by atoms with Crippen molar-refractivity contribution in [2.75, 3.05) is 18.1 Å². The zero-order valence-electron chi connectivity index (χ0n) is 13.1. The Morgan fingerprint density at radius 2 is 1.96 bits per heavy atom. The zero-order chi connectivity index (χ0) is 17.4. The second kappa shape index (κ2) is 6.25. The van der Waals surface area contributed by atoms with E-state index in [4.69, 9.17) is 15.0 Å². The largest absolute Gasteiger partial charge is 0.453 e. The maximum atomic E-state index is 13.9. The predicted octanol–water partition coefficient (Wildman–Crippen LogP) is 3.51. The Hall–Kier alpha value is -2.80. The molecule has 0 saturated carbocycles. The summed E-state index contributed by atoms with van der Waals surface area (Å²) in [5.74, 6) is 0.669. The standard InChI is InChI=1S/C17H15FN4O3/c18-10-5-6-16-13(7-10)22(12-3-1-2-4-15(12)25-16)14-9-24-8-11(17(14)23)20-21-19/h1-7,11,14,17,23H,8-9H2/t11-,14+,17+/m1/s1. The van der Waals surface area contributed by atoms with Crippen LogP contribution < -0.4 is 9.64 Å². The van der Waals surface area contributed by atoms with Gasteiger partial charge in [-0.15, -0.1) is 0 Å². The first kappa shape index (κ1) is 15.7. The highest BCUT2D eigenvalue weighted by Crippen LogP contribution is 2.48. The van der Waals surface area contributed by atoms with Crippen LogP contribution in [0.4, 0.5) is 15.8 Å². The molecule has 0 unspecified atom stereocenters. The average Bonchev–Trinajstić information content (AvgIpc) is 2.62. The molecule has 7 nitrogen and oxygen atoms in total. The Labute approximate surface area is 142 Å². The Balaban J connectivity index is 1.83. The summed E-state index contributed by atoms with van der Waals surface area (Å²) < 4.78 is 25.2. The molecule has 2 aliphatic rings. The summed E-state index contributed by atoms with van der Waals surface area (Å²) in [4.78, 5) is 4.57. The number of aliphatic hydroxyl groups is 1. The molecule has 2 aromatic rings. The minimum absolute atomic E-state index is 0.143. The van der Waals surface area contributed by atoms with Crippen molar-refractivity contribution in [2.24, 2.45) is 5.11 Å². The molecule has 0 aromatic heterocycles. The van der Waals surface area contributed by atoms with Crippen LogP contribution in [0.15, 0.2) is 47.6 Å². The minimum Gasteiger partial charge on any atom is -0.453 e. The fourth-order valence-corrected chi connectivity index (χ4v) is 3.27. The number of rotatable bonds is 2. The molecule has 8 heteroatoms. The first-order chi connectivity index (χ1) is 12.2. The third-order valence-corrected chi connectivity index (χ3v) is 4.42. The lowest BCUT2D eigenvalue weighted by Crippen LogP contribution is -2.54. The number of hydrogen-bond acceptors (Lipinski definition) is 5. The van der Waals surface area contributed by atoms with Crippen LogP contribution in [0.25, 0.3) is 10.4 Å². The van der Waals surface area contributed by atoms with E-state index in [1.165, 1.54) is 12.1 Å². The van der Waals surface area contributed by atoms with Gasteiger partial charge < -0.3 is 19.5 Å². The van der Waals surface area contributed by atoms with Crippen molar-refractivity contribution in [2.45, 2.75) is 18.2 Å². The van der Waals surface area contributed by atoms with Gasteiger partial charge in [0.1, 0.15) is 5.82 Å². The van der Waals surface area contributed by atoms with Gasteiger partial charge in [-0.1, -0.05) is 17.2 Å². The van der Waals surface area contributed by atoms with Gasteiger partial charge in [-0.05, 0) is 29.8 Å². The number of hydrogen-bond donors (Lipinski definition) is 1. The summed E-state index contributed by atoms with van der Waals surface area (Å²) in [6.07, 6.45) is -0.966. The van der Waals surface area contributed by atoms with Crippen molar-refractivity contribution >= 4 is 11.4 Å². The average molecular weight is 342 g/mol. The van der Waals surface area contributed by atoms with Gasteiger partial charge in [-0.3, -0.25) is 0 Å². The second-order valence-corrected chi connectivity index (χ2v) is 5.92. The molecule has 128 valence electrons. The van der Waals surface area contributed by atoms with Crippen LogP contribution in [0.2, 0.25) is 0 Å². The number of nitrogens with zero attached hydrogens (tertiary/aromatic N) is 4. The van der Waals surface area contributed by atoms with Crippen molar-refractivity contribution in [1.82, 2.24) is 0 Å². The van der Waals surface area contributed by atoms with E-state index < -0.39 is 24.0 Å². The summed E-state index contributed by atoms with van der Waals surface area (Å²) in [6, 6.07) is 10.3. The summed E-state index contributed by atoms with van der Waals surface area (Å²) in [7, 11) is 0. The summed E-state index contributed by atoms with van der Waals surface area (Å²) in [6.45, 7) is 0.354. The van der Waals surface area contributed by atoms with Crippen LogP contribution >= 0.6 is 0 Å². The van der Waals surface area contributed by atoms with Crippen LogP contribution in [0.3, 0.4) is 0 Å². The van der Waals surface area contributed by atoms with Gasteiger partial charge in [0.2, 0.25) is 0 Å². The summed E-state index contributed by atoms with van der Waals surface area (Å²) in [5, 5.41) is 14.3. The third kappa shape index (κ3) is 2.66. The van der Waals surface area contributed by atoms with Crippen LogP contribution in [-0.4, -0.2) is 36.5 Å². The van der Waals surface area contributed by atoms with E-state index in [2.05, 4.69) is 10.0 Å². The molecule has 2 aliphatic heterocycles. The lowest BCUT2D eigenvalue weighted by Gasteiger charge is -2.43. The fraction of sp³-hybridized carbons (Fsp3) is 0.294. The molecule has 0 spiro atoms. The SMILES string of the molecule is [N-]=[N+]=N[C@@H]1COC[C@H](N2c3ccccc3Oc3ccc(F)cc32)[C@H]1O. The molecule has 0 radical (unpaired) electrons. The first-order valence-corrected chi connectivity index (χ1v) is 7.84. The summed E-state index contributed by atoms with van der Waals surface area (Å²) >= 11 is 0. The summed E-state index contributed by atoms with van der Waals surface area (Å²) in [5.41, 5.74) is 9.88. The Kier molecular flexibility index (Phi) is 3.93. The van der Waals surface area contributed by atoms with Crippen LogP contribution in [0.1, 0.15) is 0 Å². The van der Waals surface area contributed by atoms with E-state index in [-0.39, 0.29) is 13.2 Å². The molecule has 4 rings (SSSR count). The van der Waals surface area contributed by atoms with Crippen molar-refractivity contribution in [3.63, 3.8) is 0 Å². The highest BCUT2D eigenvalue weighted by atomic mass is 19.1. The van der Waals surface area contributed by atoms with Gasteiger partial charge >= 0.3 is 0 Å². The highest BCUT2D eigenvalue weighted by Gasteiger charge is 2.40. The topological polar surface area (TPSA) is 90.7 Å². The number of aliphatic hydroxyl groups excluding tert-OH is 1. The zero-order valence-corrected chi connectivity index (χ0v) is 13.1. The smallest absolute Gasteiger partial charge is 0.151 e. The number of ether oxygens (including phenoxy) is 2. The van der Waals surface area contributed by atoms with Gasteiger partial charge in [-0.25, -0.2) is 4.39 Å². The van der Waals surface area contributed by atoms with Crippen LogP contribution in [0, 0.1) is 5.82 Å². The molecule has 1 saturated heterocycles. The van der Waals surface area contributed by atoms with Gasteiger partial charge in [-0.2, -0.15) is 0 Å². The Bertz CT molecular complexity index is 856. The molecule has 0 amide bonds. The lowest BCUT2D eigenvalue weighted by atomic mass is 9.98. The van der Waals surface area contributed by atoms with Crippen molar-refractivity contribution in [3.8, 4) is 11.5 Å². The molecule has 1 fully saturated rings. The monoisotopic (exact) mass is 342 g/mol. The van der Waals surface area contributed by atoms with Crippen molar-refractivity contribution in [3.05, 3.63) is 58.7 Å². The molecular formula is C17H15FN4O3. The van der Waals surface area contributed by atoms with Crippen molar-refractivity contribution < 1.29 is 19.0 Å². The molecule has 0 bridgehead atoms. The molecule has 1 N–H and O–H groups in total. The molecule has 2 heterocycles. The number of halogens is 1. The number of para-hydroxylation sites is 2. The first-order valence-electron chi connectivity index (χ1n) is 7.84. The number of azide groups is 1. The van der Waals surface area contributed by atoms with Crippen LogP contribution in [-0.2, 0) is 4.74 Å². The Morgan fingerprint density at radius 3 is 2.80 bits per heavy atom. The van der Waals surface area contributed by atoms with E-state index in [1.807, 2.05) is 18.2 Å². The quantitative estimate of drug-likeness (QED) is 0.514. The maximum absolute atomic E-state index is 13.9. The fourth-order valence-electron chi connectivity index (χ4n) is 3.27. The van der Waals surface area contributed by atoms with E-state index in [1.54, 1.807) is 17.0 Å². The Morgan fingerprint density at radius 1 is 1.16 bits per heavy atom. The highest BCUT2D eigenvalue weighted by molar-refractivity contribution is 5.78. The van der Waals surface area contributed by atoms with Crippen LogP contribution in [0.5, 0.6) is 11.5 Å². The number of benzene rings is 2. The minimum atomic E-state index is -0.966. The molecule has 0 aliphatic carbocycles. The van der Waals surface area contributed by atoms with Gasteiger partial charge in [0.05, 0.1) is 42.8 Å². The van der Waals surface area contributed by atoms with Gasteiger partial charge in [0.15, 0.2) is 11.5 Å². The third-order valence-electron chi connectivity index (χ3n) is 4.42.